The fourth-order valence-corrected chi connectivity index (χ4v) is 2.33. The Kier molecular flexibility index (Phi) is 5.41. The molecule has 0 unspecified atom stereocenters. The van der Waals surface area contributed by atoms with Gasteiger partial charge in [0.2, 0.25) is 5.91 Å². The number of hydrogen-bond acceptors (Lipinski definition) is 5. The van der Waals surface area contributed by atoms with E-state index in [2.05, 4.69) is 15.5 Å². The van der Waals surface area contributed by atoms with E-state index in [0.717, 1.165) is 16.9 Å². The molecule has 0 aliphatic carbocycles. The van der Waals surface area contributed by atoms with Crippen molar-refractivity contribution in [2.75, 3.05) is 0 Å². The molecular weight excluding hydrogens is 318 g/mol. The third kappa shape index (κ3) is 5.17. The number of carbonyl (C=O) groups is 1. The highest BCUT2D eigenvalue weighted by molar-refractivity contribution is 5.78. The van der Waals surface area contributed by atoms with Gasteiger partial charge in [-0.15, -0.1) is 0 Å². The van der Waals surface area contributed by atoms with Crippen molar-refractivity contribution < 1.29 is 14.1 Å². The van der Waals surface area contributed by atoms with E-state index in [1.807, 2.05) is 61.5 Å². The van der Waals surface area contributed by atoms with Gasteiger partial charge < -0.3 is 14.6 Å². The molecule has 0 bridgehead atoms. The number of ether oxygens (including phenoxy) is 1. The SMILES string of the molecule is Cc1cccc(CC(=O)NCc2noc(COc3ccccc3)n2)c1. The number of aryl methyl sites for hydroxylation is 1. The molecule has 1 N–H and O–H groups in total. The average molecular weight is 337 g/mol. The van der Waals surface area contributed by atoms with Crippen LogP contribution in [0.4, 0.5) is 0 Å². The first-order valence-electron chi connectivity index (χ1n) is 8.00. The fourth-order valence-electron chi connectivity index (χ4n) is 2.33. The van der Waals surface area contributed by atoms with Crippen molar-refractivity contribution in [2.45, 2.75) is 26.5 Å². The van der Waals surface area contributed by atoms with E-state index in [1.54, 1.807) is 0 Å². The van der Waals surface area contributed by atoms with Crippen LogP contribution >= 0.6 is 0 Å². The van der Waals surface area contributed by atoms with Crippen LogP contribution in [0, 0.1) is 6.92 Å². The summed E-state index contributed by atoms with van der Waals surface area (Å²) in [5.41, 5.74) is 2.11. The molecule has 3 aromatic rings. The third-order valence-electron chi connectivity index (χ3n) is 3.51. The monoisotopic (exact) mass is 337 g/mol. The second kappa shape index (κ2) is 8.10. The second-order valence-electron chi connectivity index (χ2n) is 5.65. The van der Waals surface area contributed by atoms with Gasteiger partial charge in [-0.1, -0.05) is 53.2 Å². The smallest absolute Gasteiger partial charge is 0.264 e. The van der Waals surface area contributed by atoms with Crippen molar-refractivity contribution in [3.05, 3.63) is 77.4 Å². The maximum absolute atomic E-state index is 12.0. The summed E-state index contributed by atoms with van der Waals surface area (Å²) in [6.07, 6.45) is 0.323. The van der Waals surface area contributed by atoms with E-state index in [9.17, 15) is 4.79 Å². The summed E-state index contributed by atoms with van der Waals surface area (Å²) in [6, 6.07) is 17.3. The summed E-state index contributed by atoms with van der Waals surface area (Å²) in [4.78, 5) is 16.2. The molecule has 25 heavy (non-hydrogen) atoms. The highest BCUT2D eigenvalue weighted by Crippen LogP contribution is 2.10. The zero-order chi connectivity index (χ0) is 17.5. The first-order chi connectivity index (χ1) is 12.2. The van der Waals surface area contributed by atoms with Gasteiger partial charge in [-0.3, -0.25) is 4.79 Å². The lowest BCUT2D eigenvalue weighted by Crippen LogP contribution is -2.25. The Balaban J connectivity index is 1.45. The van der Waals surface area contributed by atoms with Crippen molar-refractivity contribution in [2.24, 2.45) is 0 Å². The van der Waals surface area contributed by atoms with E-state index >= 15 is 0 Å². The maximum atomic E-state index is 12.0. The highest BCUT2D eigenvalue weighted by atomic mass is 16.5. The normalized spacial score (nSPS) is 10.4. The molecule has 128 valence electrons. The third-order valence-corrected chi connectivity index (χ3v) is 3.51. The topological polar surface area (TPSA) is 77.2 Å². The van der Waals surface area contributed by atoms with E-state index in [0.29, 0.717) is 18.1 Å². The summed E-state index contributed by atoms with van der Waals surface area (Å²) in [5, 5.41) is 6.63. The van der Waals surface area contributed by atoms with E-state index < -0.39 is 0 Å². The van der Waals surface area contributed by atoms with Crippen molar-refractivity contribution in [3.63, 3.8) is 0 Å². The number of nitrogens with zero attached hydrogens (tertiary/aromatic N) is 2. The molecule has 1 aromatic heterocycles. The molecule has 0 spiro atoms. The minimum Gasteiger partial charge on any atom is -0.484 e. The Morgan fingerprint density at radius 3 is 2.80 bits per heavy atom. The molecule has 2 aromatic carbocycles. The van der Waals surface area contributed by atoms with E-state index in [1.165, 1.54) is 0 Å². The molecule has 0 saturated carbocycles. The van der Waals surface area contributed by atoms with Gasteiger partial charge in [0.1, 0.15) is 5.75 Å². The molecule has 3 rings (SSSR count). The lowest BCUT2D eigenvalue weighted by Gasteiger charge is -2.03. The molecule has 0 aliphatic heterocycles. The lowest BCUT2D eigenvalue weighted by atomic mass is 10.1. The molecule has 0 atom stereocenters. The Morgan fingerprint density at radius 2 is 2.00 bits per heavy atom. The molecule has 6 heteroatoms. The molecular formula is C19H19N3O3. The Hall–Kier alpha value is -3.15. The van der Waals surface area contributed by atoms with Crippen molar-refractivity contribution >= 4 is 5.91 Å². The van der Waals surface area contributed by atoms with Gasteiger partial charge in [0, 0.05) is 0 Å². The molecule has 0 saturated heterocycles. The van der Waals surface area contributed by atoms with Crippen LogP contribution < -0.4 is 10.1 Å². The summed E-state index contributed by atoms with van der Waals surface area (Å²) in [7, 11) is 0. The van der Waals surface area contributed by atoms with Gasteiger partial charge in [-0.05, 0) is 24.6 Å². The van der Waals surface area contributed by atoms with Crippen LogP contribution in [0.25, 0.3) is 0 Å². The molecule has 1 heterocycles. The molecule has 0 fully saturated rings. The fraction of sp³-hybridized carbons (Fsp3) is 0.211. The van der Waals surface area contributed by atoms with Crippen molar-refractivity contribution in [1.29, 1.82) is 0 Å². The second-order valence-corrected chi connectivity index (χ2v) is 5.65. The van der Waals surface area contributed by atoms with Crippen LogP contribution in [0.5, 0.6) is 5.75 Å². The minimum atomic E-state index is -0.0857. The van der Waals surface area contributed by atoms with Gasteiger partial charge in [0.25, 0.3) is 5.89 Å². The van der Waals surface area contributed by atoms with Crippen molar-refractivity contribution in [1.82, 2.24) is 15.5 Å². The predicted molar refractivity (Wildman–Crippen MR) is 91.8 cm³/mol. The number of aromatic nitrogens is 2. The first kappa shape index (κ1) is 16.7. The van der Waals surface area contributed by atoms with Crippen molar-refractivity contribution in [3.8, 4) is 5.75 Å². The van der Waals surface area contributed by atoms with Crippen LogP contribution in [0.15, 0.2) is 59.1 Å². The minimum absolute atomic E-state index is 0.0857. The van der Waals surface area contributed by atoms with E-state index in [-0.39, 0.29) is 19.1 Å². The van der Waals surface area contributed by atoms with E-state index in [4.69, 9.17) is 9.26 Å². The summed E-state index contributed by atoms with van der Waals surface area (Å²) < 4.78 is 10.7. The summed E-state index contributed by atoms with van der Waals surface area (Å²) in [5.74, 6) is 1.43. The standard InChI is InChI=1S/C19H19N3O3/c1-14-6-5-7-15(10-14)11-18(23)20-12-17-21-19(25-22-17)13-24-16-8-3-2-4-9-16/h2-10H,11-13H2,1H3,(H,20,23). The van der Waals surface area contributed by atoms with Crippen LogP contribution in [-0.2, 0) is 24.4 Å². The van der Waals surface area contributed by atoms with Gasteiger partial charge in [-0.25, -0.2) is 0 Å². The number of carbonyl (C=O) groups excluding carboxylic acids is 1. The average Bonchev–Trinajstić information content (AvgIpc) is 3.07. The Bertz CT molecular complexity index is 831. The molecule has 1 amide bonds. The number of para-hydroxylation sites is 1. The lowest BCUT2D eigenvalue weighted by molar-refractivity contribution is -0.120. The zero-order valence-corrected chi connectivity index (χ0v) is 13.9. The zero-order valence-electron chi connectivity index (χ0n) is 13.9. The molecule has 6 nitrogen and oxygen atoms in total. The Morgan fingerprint density at radius 1 is 1.16 bits per heavy atom. The van der Waals surface area contributed by atoms with Crippen LogP contribution in [-0.4, -0.2) is 16.0 Å². The van der Waals surface area contributed by atoms with Gasteiger partial charge in [0.15, 0.2) is 12.4 Å². The van der Waals surface area contributed by atoms with Gasteiger partial charge >= 0.3 is 0 Å². The van der Waals surface area contributed by atoms with Gasteiger partial charge in [-0.2, -0.15) is 4.98 Å². The maximum Gasteiger partial charge on any atom is 0.264 e. The van der Waals surface area contributed by atoms with Crippen LogP contribution in [0.1, 0.15) is 22.8 Å². The van der Waals surface area contributed by atoms with Gasteiger partial charge in [0.05, 0.1) is 13.0 Å². The number of rotatable bonds is 7. The highest BCUT2D eigenvalue weighted by Gasteiger charge is 2.09. The number of amides is 1. The quantitative estimate of drug-likeness (QED) is 0.717. The van der Waals surface area contributed by atoms with Crippen LogP contribution in [0.2, 0.25) is 0 Å². The molecule has 0 aliphatic rings. The number of hydrogen-bond donors (Lipinski definition) is 1. The summed E-state index contributed by atoms with van der Waals surface area (Å²) >= 11 is 0. The predicted octanol–water partition coefficient (Wildman–Crippen LogP) is 2.82. The largest absolute Gasteiger partial charge is 0.484 e. The molecule has 0 radical (unpaired) electrons. The Labute approximate surface area is 145 Å². The number of benzene rings is 2. The van der Waals surface area contributed by atoms with Crippen LogP contribution in [0.3, 0.4) is 0 Å². The summed E-state index contributed by atoms with van der Waals surface area (Å²) in [6.45, 7) is 2.41. The number of nitrogens with one attached hydrogen (secondary N) is 1. The first-order valence-corrected chi connectivity index (χ1v) is 8.00.